The van der Waals surface area contributed by atoms with Crippen molar-refractivity contribution < 1.29 is 18.0 Å². The molecule has 2 aromatic rings. The molecule has 0 aliphatic heterocycles. The van der Waals surface area contributed by atoms with Crippen LogP contribution < -0.4 is 5.32 Å². The highest BCUT2D eigenvalue weighted by Gasteiger charge is 2.31. The van der Waals surface area contributed by atoms with Gasteiger partial charge in [-0.05, 0) is 52.0 Å². The van der Waals surface area contributed by atoms with Crippen molar-refractivity contribution in [1.82, 2.24) is 0 Å². The van der Waals surface area contributed by atoms with E-state index in [0.29, 0.717) is 10.0 Å². The van der Waals surface area contributed by atoms with Crippen LogP contribution in [0.1, 0.15) is 21.5 Å². The number of aryl methyl sites for hydroxylation is 1. The van der Waals surface area contributed by atoms with Gasteiger partial charge in [0.1, 0.15) is 0 Å². The van der Waals surface area contributed by atoms with Crippen LogP contribution in [0.15, 0.2) is 33.4 Å². The summed E-state index contributed by atoms with van der Waals surface area (Å²) in [4.78, 5) is 12.0. The molecule has 1 aromatic heterocycles. The van der Waals surface area contributed by atoms with Gasteiger partial charge in [0.25, 0.3) is 5.91 Å². The van der Waals surface area contributed by atoms with Crippen LogP contribution in [0.2, 0.25) is 0 Å². The number of carbonyl (C=O) groups excluding carboxylic acids is 1. The number of halogens is 4. The average molecular weight is 364 g/mol. The van der Waals surface area contributed by atoms with Crippen molar-refractivity contribution in [2.45, 2.75) is 13.1 Å². The number of nitrogens with one attached hydrogen (secondary N) is 1. The maximum Gasteiger partial charge on any atom is 0.416 e. The number of alkyl halides is 3. The molecule has 7 heteroatoms. The first-order chi connectivity index (χ1) is 9.29. The van der Waals surface area contributed by atoms with E-state index in [-0.39, 0.29) is 5.69 Å². The average Bonchev–Trinajstić information content (AvgIpc) is 2.77. The summed E-state index contributed by atoms with van der Waals surface area (Å²) in [7, 11) is 0. The Balaban J connectivity index is 2.30. The third-order valence-electron chi connectivity index (χ3n) is 2.64. The Morgan fingerprint density at radius 1 is 1.30 bits per heavy atom. The Labute approximate surface area is 125 Å². The lowest BCUT2D eigenvalue weighted by molar-refractivity contribution is -0.137. The van der Waals surface area contributed by atoms with Crippen molar-refractivity contribution in [1.29, 1.82) is 0 Å². The molecule has 0 aliphatic carbocycles. The highest BCUT2D eigenvalue weighted by atomic mass is 79.9. The van der Waals surface area contributed by atoms with Gasteiger partial charge in [-0.15, -0.1) is 0 Å². The minimum atomic E-state index is -4.45. The summed E-state index contributed by atoms with van der Waals surface area (Å²) < 4.78 is 38.3. The molecule has 0 radical (unpaired) electrons. The lowest BCUT2D eigenvalue weighted by Crippen LogP contribution is -2.14. The second kappa shape index (κ2) is 5.57. The van der Waals surface area contributed by atoms with Crippen molar-refractivity contribution in [2.75, 3.05) is 5.32 Å². The quantitative estimate of drug-likeness (QED) is 0.790. The zero-order valence-corrected chi connectivity index (χ0v) is 12.6. The summed E-state index contributed by atoms with van der Waals surface area (Å²) in [6, 6.07) is 3.12. The van der Waals surface area contributed by atoms with Gasteiger partial charge in [0.2, 0.25) is 0 Å². The van der Waals surface area contributed by atoms with Gasteiger partial charge in [0.15, 0.2) is 0 Å². The molecule has 0 unspecified atom stereocenters. The first kappa shape index (κ1) is 15.1. The Kier molecular flexibility index (Phi) is 4.19. The lowest BCUT2D eigenvalue weighted by atomic mass is 10.1. The van der Waals surface area contributed by atoms with Gasteiger partial charge >= 0.3 is 6.18 Å². The number of rotatable bonds is 2. The molecule has 1 aromatic carbocycles. The molecule has 0 saturated carbocycles. The molecule has 0 aliphatic rings. The molecule has 0 bridgehead atoms. The number of anilines is 1. The molecule has 0 atom stereocenters. The summed E-state index contributed by atoms with van der Waals surface area (Å²) in [6.45, 7) is 1.77. The first-order valence-electron chi connectivity index (χ1n) is 5.50. The fourth-order valence-electron chi connectivity index (χ4n) is 1.58. The topological polar surface area (TPSA) is 29.1 Å². The van der Waals surface area contributed by atoms with E-state index in [2.05, 4.69) is 21.2 Å². The fourth-order valence-corrected chi connectivity index (χ4v) is 2.75. The second-order valence-electron chi connectivity index (χ2n) is 4.11. The van der Waals surface area contributed by atoms with Crippen molar-refractivity contribution in [3.8, 4) is 0 Å². The SMILES string of the molecule is Cc1cscc1C(=O)Nc1cc(C(F)(F)F)ccc1Br. The van der Waals surface area contributed by atoms with Crippen LogP contribution in [0.25, 0.3) is 0 Å². The largest absolute Gasteiger partial charge is 0.416 e. The molecular weight excluding hydrogens is 355 g/mol. The van der Waals surface area contributed by atoms with Gasteiger partial charge in [-0.3, -0.25) is 4.79 Å². The van der Waals surface area contributed by atoms with Crippen LogP contribution in [0.4, 0.5) is 18.9 Å². The third kappa shape index (κ3) is 3.21. The minimum absolute atomic E-state index is 0.0930. The van der Waals surface area contributed by atoms with E-state index in [1.807, 2.05) is 0 Å². The van der Waals surface area contributed by atoms with Crippen LogP contribution >= 0.6 is 27.3 Å². The Morgan fingerprint density at radius 3 is 2.55 bits per heavy atom. The standard InChI is InChI=1S/C13H9BrF3NOS/c1-7-5-20-6-9(7)12(19)18-11-4-8(13(15,16)17)2-3-10(11)14/h2-6H,1H3,(H,18,19). The van der Waals surface area contributed by atoms with Crippen LogP contribution in [-0.4, -0.2) is 5.91 Å². The number of hydrogen-bond donors (Lipinski definition) is 1. The van der Waals surface area contributed by atoms with Crippen LogP contribution in [0, 0.1) is 6.92 Å². The highest BCUT2D eigenvalue weighted by Crippen LogP contribution is 2.34. The van der Waals surface area contributed by atoms with Gasteiger partial charge in [0.05, 0.1) is 16.8 Å². The molecular formula is C13H9BrF3NOS. The molecule has 20 heavy (non-hydrogen) atoms. The van der Waals surface area contributed by atoms with E-state index >= 15 is 0 Å². The van der Waals surface area contributed by atoms with Crippen LogP contribution in [0.3, 0.4) is 0 Å². The maximum absolute atomic E-state index is 12.6. The Hall–Kier alpha value is -1.34. The first-order valence-corrected chi connectivity index (χ1v) is 7.23. The second-order valence-corrected chi connectivity index (χ2v) is 5.71. The van der Waals surface area contributed by atoms with E-state index in [1.54, 1.807) is 17.7 Å². The van der Waals surface area contributed by atoms with Crippen LogP contribution in [0.5, 0.6) is 0 Å². The Bertz CT molecular complexity index is 651. The van der Waals surface area contributed by atoms with Crippen molar-refractivity contribution in [3.63, 3.8) is 0 Å². The van der Waals surface area contributed by atoms with Gasteiger partial charge in [-0.2, -0.15) is 24.5 Å². The fraction of sp³-hybridized carbons (Fsp3) is 0.154. The summed E-state index contributed by atoms with van der Waals surface area (Å²) in [6.07, 6.45) is -4.45. The van der Waals surface area contributed by atoms with E-state index in [4.69, 9.17) is 0 Å². The summed E-state index contributed by atoms with van der Waals surface area (Å²) in [5.74, 6) is -0.427. The number of benzene rings is 1. The molecule has 2 nitrogen and oxygen atoms in total. The molecule has 1 amide bonds. The maximum atomic E-state index is 12.6. The summed E-state index contributed by atoms with van der Waals surface area (Å²) in [5, 5.41) is 5.95. The van der Waals surface area contributed by atoms with E-state index in [0.717, 1.165) is 17.7 Å². The zero-order chi connectivity index (χ0) is 14.9. The molecule has 0 saturated heterocycles. The summed E-state index contributed by atoms with van der Waals surface area (Å²) in [5.41, 5.74) is 0.531. The van der Waals surface area contributed by atoms with Gasteiger partial charge in [-0.1, -0.05) is 0 Å². The normalized spacial score (nSPS) is 11.4. The van der Waals surface area contributed by atoms with Crippen LogP contribution in [-0.2, 0) is 6.18 Å². The molecule has 2 rings (SSSR count). The number of carbonyl (C=O) groups is 1. The predicted octanol–water partition coefficient (Wildman–Crippen LogP) is 5.09. The van der Waals surface area contributed by atoms with Crippen molar-refractivity contribution >= 4 is 38.9 Å². The Morgan fingerprint density at radius 2 is 2.00 bits per heavy atom. The van der Waals surface area contributed by atoms with E-state index in [9.17, 15) is 18.0 Å². The number of thiophene rings is 1. The molecule has 1 N–H and O–H groups in total. The lowest BCUT2D eigenvalue weighted by Gasteiger charge is -2.11. The van der Waals surface area contributed by atoms with Gasteiger partial charge < -0.3 is 5.32 Å². The number of amides is 1. The van der Waals surface area contributed by atoms with E-state index < -0.39 is 17.6 Å². The summed E-state index contributed by atoms with van der Waals surface area (Å²) >= 11 is 4.49. The molecule has 0 spiro atoms. The smallest absolute Gasteiger partial charge is 0.321 e. The van der Waals surface area contributed by atoms with Gasteiger partial charge in [-0.25, -0.2) is 0 Å². The zero-order valence-electron chi connectivity index (χ0n) is 10.2. The minimum Gasteiger partial charge on any atom is -0.321 e. The van der Waals surface area contributed by atoms with E-state index in [1.165, 1.54) is 17.4 Å². The number of hydrogen-bond acceptors (Lipinski definition) is 2. The molecule has 1 heterocycles. The highest BCUT2D eigenvalue weighted by molar-refractivity contribution is 9.10. The third-order valence-corrected chi connectivity index (χ3v) is 4.19. The van der Waals surface area contributed by atoms with Crippen molar-refractivity contribution in [2.24, 2.45) is 0 Å². The molecule has 0 fully saturated rings. The monoisotopic (exact) mass is 363 g/mol. The van der Waals surface area contributed by atoms with Crippen molar-refractivity contribution in [3.05, 3.63) is 50.1 Å². The van der Waals surface area contributed by atoms with Gasteiger partial charge in [0, 0.05) is 9.85 Å². The predicted molar refractivity (Wildman–Crippen MR) is 76.2 cm³/mol. The molecule has 106 valence electrons.